The zero-order chi connectivity index (χ0) is 18.4. The van der Waals surface area contributed by atoms with Gasteiger partial charge < -0.3 is 20.8 Å². The molecule has 0 atom stereocenters. The Bertz CT molecular complexity index is 721. The fourth-order valence-electron chi connectivity index (χ4n) is 2.80. The van der Waals surface area contributed by atoms with E-state index < -0.39 is 11.9 Å². The quantitative estimate of drug-likeness (QED) is 0.587. The Balaban J connectivity index is 2.18. The second kappa shape index (κ2) is 8.19. The fraction of sp³-hybridized carbons (Fsp3) is 0.263. The van der Waals surface area contributed by atoms with Crippen LogP contribution in [-0.4, -0.2) is 36.2 Å². The predicted molar refractivity (Wildman–Crippen MR) is 97.9 cm³/mol. The molecule has 0 aromatic heterocycles. The molecule has 4 N–H and O–H groups in total. The van der Waals surface area contributed by atoms with Crippen LogP contribution in [0.1, 0.15) is 38.3 Å². The van der Waals surface area contributed by atoms with Crippen LogP contribution in [0.5, 0.6) is 0 Å². The molecule has 0 aliphatic rings. The highest BCUT2D eigenvalue weighted by atomic mass is 16.4. The van der Waals surface area contributed by atoms with Gasteiger partial charge >= 0.3 is 11.9 Å². The molecule has 0 unspecified atom stereocenters. The van der Waals surface area contributed by atoms with Crippen LogP contribution in [0.3, 0.4) is 0 Å². The summed E-state index contributed by atoms with van der Waals surface area (Å²) in [6, 6.07) is 10.3. The van der Waals surface area contributed by atoms with Gasteiger partial charge in [-0.15, -0.1) is 0 Å². The number of hydrogen-bond acceptors (Lipinski definition) is 4. The van der Waals surface area contributed by atoms with Crippen molar-refractivity contribution < 1.29 is 19.8 Å². The molecule has 0 amide bonds. The summed E-state index contributed by atoms with van der Waals surface area (Å²) < 4.78 is 0. The first-order chi connectivity index (χ1) is 12.0. The molecular formula is C19H22N2O4. The first kappa shape index (κ1) is 18.3. The van der Waals surface area contributed by atoms with Crippen LogP contribution in [0.2, 0.25) is 0 Å². The van der Waals surface area contributed by atoms with E-state index in [4.69, 9.17) is 0 Å². The van der Waals surface area contributed by atoms with E-state index in [1.165, 1.54) is 0 Å². The maximum atomic E-state index is 11.4. The maximum Gasteiger partial charge on any atom is 0.335 e. The number of aromatic carboxylic acids is 2. The van der Waals surface area contributed by atoms with Crippen LogP contribution in [-0.2, 0) is 12.8 Å². The molecule has 2 rings (SSSR count). The van der Waals surface area contributed by atoms with Gasteiger partial charge in [0.1, 0.15) is 0 Å². The number of anilines is 2. The zero-order valence-electron chi connectivity index (χ0n) is 14.3. The highest BCUT2D eigenvalue weighted by Gasteiger charge is 2.13. The topological polar surface area (TPSA) is 98.7 Å². The summed E-state index contributed by atoms with van der Waals surface area (Å²) >= 11 is 0. The Kier molecular flexibility index (Phi) is 6.00. The Morgan fingerprint density at radius 1 is 0.800 bits per heavy atom. The van der Waals surface area contributed by atoms with E-state index in [2.05, 4.69) is 10.6 Å². The Morgan fingerprint density at radius 2 is 1.20 bits per heavy atom. The molecular weight excluding hydrogens is 320 g/mol. The van der Waals surface area contributed by atoms with E-state index in [1.54, 1.807) is 38.4 Å². The number of benzene rings is 2. The van der Waals surface area contributed by atoms with Crippen molar-refractivity contribution in [1.82, 2.24) is 0 Å². The normalized spacial score (nSPS) is 10.3. The van der Waals surface area contributed by atoms with Gasteiger partial charge in [-0.25, -0.2) is 9.59 Å². The van der Waals surface area contributed by atoms with E-state index in [9.17, 15) is 19.8 Å². The van der Waals surface area contributed by atoms with Crippen LogP contribution in [0.25, 0.3) is 0 Å². The fourth-order valence-corrected chi connectivity index (χ4v) is 2.80. The highest BCUT2D eigenvalue weighted by Crippen LogP contribution is 2.21. The second-order valence-electron chi connectivity index (χ2n) is 5.71. The van der Waals surface area contributed by atoms with Crippen LogP contribution >= 0.6 is 0 Å². The molecule has 6 heteroatoms. The van der Waals surface area contributed by atoms with Gasteiger partial charge in [-0.2, -0.15) is 0 Å². The van der Waals surface area contributed by atoms with Gasteiger partial charge in [0.15, 0.2) is 0 Å². The Labute approximate surface area is 146 Å². The van der Waals surface area contributed by atoms with Gasteiger partial charge in [0, 0.05) is 25.5 Å². The molecule has 25 heavy (non-hydrogen) atoms. The number of aryl methyl sites for hydroxylation is 2. The SMILES string of the molecule is CNc1ccc(C(=O)O)c(CCCc2cc(NC)ccc2C(=O)O)c1. The largest absolute Gasteiger partial charge is 0.478 e. The average molecular weight is 342 g/mol. The van der Waals surface area contributed by atoms with E-state index in [0.29, 0.717) is 19.3 Å². The van der Waals surface area contributed by atoms with E-state index in [-0.39, 0.29) is 11.1 Å². The average Bonchev–Trinajstić information content (AvgIpc) is 2.60. The first-order valence-electron chi connectivity index (χ1n) is 8.04. The number of carboxylic acid groups (broad SMARTS) is 2. The summed E-state index contributed by atoms with van der Waals surface area (Å²) in [5.74, 6) is -1.91. The number of nitrogens with one attached hydrogen (secondary N) is 2. The van der Waals surface area contributed by atoms with Crippen molar-refractivity contribution in [3.63, 3.8) is 0 Å². The van der Waals surface area contributed by atoms with E-state index >= 15 is 0 Å². The Hall–Kier alpha value is -3.02. The Morgan fingerprint density at radius 3 is 1.52 bits per heavy atom. The molecule has 0 fully saturated rings. The number of hydrogen-bond donors (Lipinski definition) is 4. The highest BCUT2D eigenvalue weighted by molar-refractivity contribution is 5.90. The lowest BCUT2D eigenvalue weighted by atomic mass is 9.96. The minimum atomic E-state index is -0.957. The van der Waals surface area contributed by atoms with Crippen molar-refractivity contribution in [2.45, 2.75) is 19.3 Å². The van der Waals surface area contributed by atoms with Gasteiger partial charge in [0.25, 0.3) is 0 Å². The van der Waals surface area contributed by atoms with Gasteiger partial charge in [0.05, 0.1) is 11.1 Å². The van der Waals surface area contributed by atoms with E-state index in [1.807, 2.05) is 12.1 Å². The van der Waals surface area contributed by atoms with Crippen LogP contribution in [0, 0.1) is 0 Å². The summed E-state index contributed by atoms with van der Waals surface area (Å²) in [6.45, 7) is 0. The molecule has 0 aliphatic carbocycles. The minimum absolute atomic E-state index is 0.279. The molecule has 6 nitrogen and oxygen atoms in total. The van der Waals surface area contributed by atoms with E-state index in [0.717, 1.165) is 22.5 Å². The smallest absolute Gasteiger partial charge is 0.335 e. The van der Waals surface area contributed by atoms with Gasteiger partial charge in [-0.1, -0.05) is 0 Å². The lowest BCUT2D eigenvalue weighted by Crippen LogP contribution is -2.06. The zero-order valence-corrected chi connectivity index (χ0v) is 14.3. The predicted octanol–water partition coefficient (Wildman–Crippen LogP) is 3.34. The summed E-state index contributed by atoms with van der Waals surface area (Å²) in [4.78, 5) is 22.8. The van der Waals surface area contributed by atoms with Gasteiger partial charge in [-0.3, -0.25) is 0 Å². The molecule has 0 aliphatic heterocycles. The molecule has 0 saturated heterocycles. The van der Waals surface area contributed by atoms with Crippen molar-refractivity contribution in [2.24, 2.45) is 0 Å². The molecule has 2 aromatic rings. The summed E-state index contributed by atoms with van der Waals surface area (Å²) in [7, 11) is 3.56. The monoisotopic (exact) mass is 342 g/mol. The van der Waals surface area contributed by atoms with Crippen molar-refractivity contribution in [1.29, 1.82) is 0 Å². The maximum absolute atomic E-state index is 11.4. The number of carbonyl (C=O) groups is 2. The lowest BCUT2D eigenvalue weighted by molar-refractivity contribution is 0.0685. The minimum Gasteiger partial charge on any atom is -0.478 e. The number of carboxylic acids is 2. The third-order valence-electron chi connectivity index (χ3n) is 4.14. The first-order valence-corrected chi connectivity index (χ1v) is 8.04. The third-order valence-corrected chi connectivity index (χ3v) is 4.14. The van der Waals surface area contributed by atoms with Gasteiger partial charge in [-0.05, 0) is 66.8 Å². The van der Waals surface area contributed by atoms with Crippen molar-refractivity contribution in [3.05, 3.63) is 58.7 Å². The van der Waals surface area contributed by atoms with Crippen molar-refractivity contribution in [2.75, 3.05) is 24.7 Å². The third kappa shape index (κ3) is 4.50. The summed E-state index contributed by atoms with van der Waals surface area (Å²) in [5, 5.41) is 24.7. The molecule has 0 spiro atoms. The molecule has 0 saturated carbocycles. The molecule has 132 valence electrons. The summed E-state index contributed by atoms with van der Waals surface area (Å²) in [5.41, 5.74) is 3.73. The van der Waals surface area contributed by atoms with Crippen LogP contribution < -0.4 is 10.6 Å². The molecule has 0 radical (unpaired) electrons. The van der Waals surface area contributed by atoms with Gasteiger partial charge in [0.2, 0.25) is 0 Å². The van der Waals surface area contributed by atoms with Crippen molar-refractivity contribution >= 4 is 23.3 Å². The summed E-state index contributed by atoms with van der Waals surface area (Å²) in [6.07, 6.45) is 1.76. The standard InChI is InChI=1S/C19H22N2O4/c1-20-14-6-8-16(18(22)23)12(10-14)4-3-5-13-11-15(21-2)7-9-17(13)19(24)25/h6-11,20-21H,3-5H2,1-2H3,(H,22,23)(H,24,25). The van der Waals surface area contributed by atoms with Crippen LogP contribution in [0.15, 0.2) is 36.4 Å². The van der Waals surface area contributed by atoms with Crippen LogP contribution in [0.4, 0.5) is 11.4 Å². The second-order valence-corrected chi connectivity index (χ2v) is 5.71. The molecule has 0 heterocycles. The van der Waals surface area contributed by atoms with Crippen molar-refractivity contribution in [3.8, 4) is 0 Å². The molecule has 0 bridgehead atoms. The molecule has 2 aromatic carbocycles. The lowest BCUT2D eigenvalue weighted by Gasteiger charge is -2.11. The number of rotatable bonds is 8.